The molecule has 44 heavy (non-hydrogen) atoms. The molecule has 4 saturated carbocycles. The minimum atomic E-state index is -5.43. The second-order valence-corrected chi connectivity index (χ2v) is 17.3. The van der Waals surface area contributed by atoms with Crippen LogP contribution in [0.2, 0.25) is 0 Å². The van der Waals surface area contributed by atoms with Crippen LogP contribution in [0, 0.1) is 50.2 Å². The van der Waals surface area contributed by atoms with Gasteiger partial charge in [0.1, 0.15) is 5.41 Å². The van der Waals surface area contributed by atoms with Gasteiger partial charge in [0.15, 0.2) is 0 Å². The van der Waals surface area contributed by atoms with E-state index in [0.29, 0.717) is 24.7 Å². The third-order valence-electron chi connectivity index (χ3n) is 13.3. The molecular formula is C31H48Na3O9P. The second kappa shape index (κ2) is 14.2. The fourth-order valence-corrected chi connectivity index (χ4v) is 10.7. The van der Waals surface area contributed by atoms with E-state index in [-0.39, 0.29) is 128 Å². The number of fused-ring (bicyclic) bond motifs is 7. The van der Waals surface area contributed by atoms with Crippen molar-refractivity contribution in [1.29, 1.82) is 0 Å². The van der Waals surface area contributed by atoms with Crippen LogP contribution in [0.5, 0.6) is 0 Å². The summed E-state index contributed by atoms with van der Waals surface area (Å²) >= 11 is 0. The zero-order valence-electron chi connectivity index (χ0n) is 28.6. The molecule has 13 heteroatoms. The predicted molar refractivity (Wildman–Crippen MR) is 147 cm³/mol. The van der Waals surface area contributed by atoms with Gasteiger partial charge in [-0.2, -0.15) is 0 Å². The number of rotatable bonds is 2. The number of aliphatic carboxylic acids is 1. The minimum Gasteiger partial charge on any atom is -0.807 e. The fourth-order valence-electron chi connectivity index (χ4n) is 10.7. The molecule has 5 aliphatic rings. The Morgan fingerprint density at radius 1 is 0.841 bits per heavy atom. The molecule has 0 radical (unpaired) electrons. The van der Waals surface area contributed by atoms with Crippen molar-refractivity contribution in [3.8, 4) is 0 Å². The Morgan fingerprint density at radius 2 is 1.39 bits per heavy atom. The van der Waals surface area contributed by atoms with Gasteiger partial charge in [0.2, 0.25) is 0 Å². The van der Waals surface area contributed by atoms with Crippen molar-refractivity contribution in [2.45, 2.75) is 118 Å². The van der Waals surface area contributed by atoms with Crippen molar-refractivity contribution in [1.82, 2.24) is 0 Å². The molecule has 9 atom stereocenters. The van der Waals surface area contributed by atoms with Gasteiger partial charge in [0.25, 0.3) is 0 Å². The Bertz CT molecular complexity index is 1190. The van der Waals surface area contributed by atoms with Crippen LogP contribution in [0.25, 0.3) is 0 Å². The van der Waals surface area contributed by atoms with Crippen molar-refractivity contribution >= 4 is 19.3 Å². The van der Waals surface area contributed by atoms with Crippen LogP contribution in [0.4, 0.5) is 4.79 Å². The van der Waals surface area contributed by atoms with Gasteiger partial charge in [-0.05, 0) is 110 Å². The van der Waals surface area contributed by atoms with Gasteiger partial charge >= 0.3 is 94.6 Å². The Balaban J connectivity index is 0.000000872. The minimum absolute atomic E-state index is 0. The van der Waals surface area contributed by atoms with Crippen LogP contribution in [-0.2, 0) is 9.36 Å². The quantitative estimate of drug-likeness (QED) is 0.147. The van der Waals surface area contributed by atoms with E-state index in [1.54, 1.807) is 0 Å². The normalized spacial score (nSPS) is 43.1. The Labute approximate surface area is 329 Å². The summed E-state index contributed by atoms with van der Waals surface area (Å²) in [5.41, 5.74) is -2.27. The van der Waals surface area contributed by atoms with Gasteiger partial charge < -0.3 is 39.6 Å². The summed E-state index contributed by atoms with van der Waals surface area (Å²) in [5, 5.41) is 42.1. The number of carboxylic acid groups (broad SMARTS) is 2. The third-order valence-corrected chi connectivity index (χ3v) is 13.7. The molecule has 0 bridgehead atoms. The smallest absolute Gasteiger partial charge is 0.807 e. The molecule has 5 aliphatic carbocycles. The van der Waals surface area contributed by atoms with Crippen LogP contribution in [0.15, 0.2) is 11.6 Å². The van der Waals surface area contributed by atoms with Gasteiger partial charge in [-0.15, -0.1) is 0 Å². The SMILES string of the molecule is CC1(C)CCC2(C(=O)O)C(O)CC3(C)C(=CCC4C5(C)CCC(O)C(C)(C)C5CCC43C)C2C1.O=C([O-])P(=O)([O-])[O-].[Na+].[Na+].[Na+]. The molecule has 3 N–H and O–H groups in total. The summed E-state index contributed by atoms with van der Waals surface area (Å²) in [7, 11) is -5.43. The maximum absolute atomic E-state index is 12.8. The average molecular weight is 665 g/mol. The average Bonchev–Trinajstić information content (AvgIpc) is 2.81. The molecule has 0 saturated heterocycles. The van der Waals surface area contributed by atoms with Crippen LogP contribution >= 0.6 is 7.60 Å². The monoisotopic (exact) mass is 664 g/mol. The standard InChI is InChI=1S/C30H48O4.CH3O5P.3Na/c1-25(2)14-15-30(24(33)34)19(16-25)18-8-9-21-27(5)12-11-22(31)26(3,4)20(27)10-13-28(21,6)29(18,7)17-23(30)32;2-1(3)7(4,5)6;;;/h8,19-23,31-32H,9-17H2,1-7H3,(H,33,34);(H,2,3)(H2,4,5,6);;;/q;;3*+1/p-3. The number of allylic oxidation sites excluding steroid dienone is 2. The maximum Gasteiger partial charge on any atom is 1.00 e. The number of carbonyl (C=O) groups excluding carboxylic acids is 1. The number of carboxylic acids is 1. The van der Waals surface area contributed by atoms with Crippen LogP contribution < -0.4 is 104 Å². The van der Waals surface area contributed by atoms with Gasteiger partial charge in [-0.3, -0.25) is 4.79 Å². The second-order valence-electron chi connectivity index (χ2n) is 15.9. The van der Waals surface area contributed by atoms with Crippen molar-refractivity contribution in [2.75, 3.05) is 0 Å². The van der Waals surface area contributed by atoms with E-state index in [2.05, 4.69) is 54.5 Å². The van der Waals surface area contributed by atoms with Gasteiger partial charge in [-0.25, -0.2) is 0 Å². The maximum atomic E-state index is 12.8. The summed E-state index contributed by atoms with van der Waals surface area (Å²) in [6.07, 6.45) is 9.35. The molecular weight excluding hydrogens is 616 g/mol. The van der Waals surface area contributed by atoms with E-state index in [0.717, 1.165) is 44.9 Å². The van der Waals surface area contributed by atoms with Crippen LogP contribution in [0.3, 0.4) is 0 Å². The summed E-state index contributed by atoms with van der Waals surface area (Å²) < 4.78 is 9.14. The van der Waals surface area contributed by atoms with Gasteiger partial charge in [0.05, 0.1) is 17.9 Å². The first-order chi connectivity index (χ1) is 18.5. The Morgan fingerprint density at radius 3 is 1.89 bits per heavy atom. The molecule has 9 nitrogen and oxygen atoms in total. The molecule has 0 spiro atoms. The molecule has 0 aromatic rings. The van der Waals surface area contributed by atoms with Crippen molar-refractivity contribution in [3.63, 3.8) is 0 Å². The topological polar surface area (TPSA) is 181 Å². The number of hydrogen-bond acceptors (Lipinski definition) is 8. The summed E-state index contributed by atoms with van der Waals surface area (Å²) in [6.45, 7) is 16.4. The number of aliphatic hydroxyl groups is 2. The largest absolute Gasteiger partial charge is 1.00 e. The molecule has 0 amide bonds. The molecule has 0 heterocycles. The molecule has 4 fully saturated rings. The number of aliphatic hydroxyl groups excluding tert-OH is 2. The zero-order valence-corrected chi connectivity index (χ0v) is 35.5. The van der Waals surface area contributed by atoms with E-state index >= 15 is 0 Å². The summed E-state index contributed by atoms with van der Waals surface area (Å²) in [5.74, 6) is 0.0888. The van der Waals surface area contributed by atoms with Gasteiger partial charge in [0, 0.05) is 0 Å². The van der Waals surface area contributed by atoms with Gasteiger partial charge in [-0.1, -0.05) is 60.1 Å². The molecule has 9 unspecified atom stereocenters. The first kappa shape index (κ1) is 43.8. The number of carbonyl (C=O) groups is 2. The Hall–Kier alpha value is 1.75. The van der Waals surface area contributed by atoms with E-state index in [4.69, 9.17) is 24.3 Å². The first-order valence-electron chi connectivity index (χ1n) is 15.0. The van der Waals surface area contributed by atoms with Crippen molar-refractivity contribution < 1.29 is 133 Å². The van der Waals surface area contributed by atoms with E-state index in [1.165, 1.54) is 5.57 Å². The van der Waals surface area contributed by atoms with Crippen molar-refractivity contribution in [3.05, 3.63) is 11.6 Å². The summed E-state index contributed by atoms with van der Waals surface area (Å²) in [6, 6.07) is 0. The predicted octanol–water partition coefficient (Wildman–Crippen LogP) is -5.54. The van der Waals surface area contributed by atoms with E-state index < -0.39 is 30.8 Å². The molecule has 234 valence electrons. The number of hydrogen-bond donors (Lipinski definition) is 3. The Kier molecular flexibility index (Phi) is 14.1. The van der Waals surface area contributed by atoms with Crippen LogP contribution in [0.1, 0.15) is 106 Å². The van der Waals surface area contributed by atoms with Crippen LogP contribution in [-0.4, -0.2) is 39.2 Å². The molecule has 0 aromatic heterocycles. The summed E-state index contributed by atoms with van der Waals surface area (Å²) in [4.78, 5) is 40.1. The fraction of sp³-hybridized carbons (Fsp3) is 0.871. The van der Waals surface area contributed by atoms with Crippen molar-refractivity contribution in [2.24, 2.45) is 50.2 Å². The first-order valence-corrected chi connectivity index (χ1v) is 16.6. The van der Waals surface area contributed by atoms with E-state index in [1.807, 2.05) is 0 Å². The molecule has 5 rings (SSSR count). The van der Waals surface area contributed by atoms with E-state index in [9.17, 15) is 20.1 Å². The molecule has 0 aliphatic heterocycles. The molecule has 0 aromatic carbocycles. The third kappa shape index (κ3) is 6.76. The zero-order chi connectivity index (χ0) is 31.2.